The summed E-state index contributed by atoms with van der Waals surface area (Å²) in [7, 11) is 0. The van der Waals surface area contributed by atoms with Gasteiger partial charge in [-0.2, -0.15) is 0 Å². The zero-order valence-electron chi connectivity index (χ0n) is 18.5. The fraction of sp³-hybridized carbons (Fsp3) is 0.348. The van der Waals surface area contributed by atoms with Gasteiger partial charge < -0.3 is 15.1 Å². The van der Waals surface area contributed by atoms with Gasteiger partial charge in [-0.15, -0.1) is 0 Å². The maximum Gasteiger partial charge on any atom is 0.419 e. The van der Waals surface area contributed by atoms with Gasteiger partial charge in [0.05, 0.1) is 16.5 Å². The number of oxazole rings is 1. The molecule has 0 aliphatic heterocycles. The van der Waals surface area contributed by atoms with Crippen molar-refractivity contribution in [2.75, 3.05) is 5.32 Å². The summed E-state index contributed by atoms with van der Waals surface area (Å²) in [4.78, 5) is 46.5. The van der Waals surface area contributed by atoms with Crippen molar-refractivity contribution in [1.29, 1.82) is 0 Å². The van der Waals surface area contributed by atoms with Crippen molar-refractivity contribution < 1.29 is 18.9 Å². The number of benzene rings is 2. The maximum absolute atomic E-state index is 12.2. The molecule has 0 atom stereocenters. The number of carbonyl (C=O) groups excluding carboxylic acids is 2. The van der Waals surface area contributed by atoms with Gasteiger partial charge in [0.25, 0.3) is 5.69 Å². The van der Waals surface area contributed by atoms with E-state index in [1.165, 1.54) is 22.8 Å². The van der Waals surface area contributed by atoms with Crippen LogP contribution in [0.4, 0.5) is 11.4 Å². The van der Waals surface area contributed by atoms with E-state index in [0.29, 0.717) is 30.6 Å². The zero-order chi connectivity index (χ0) is 24.0. The van der Waals surface area contributed by atoms with Gasteiger partial charge in [-0.1, -0.05) is 26.0 Å². The minimum atomic E-state index is -0.623. The number of carbonyl (C=O) groups is 2. The highest BCUT2D eigenvalue weighted by Gasteiger charge is 2.14. The van der Waals surface area contributed by atoms with Gasteiger partial charge in [0.15, 0.2) is 5.58 Å². The first-order chi connectivity index (χ1) is 15.7. The van der Waals surface area contributed by atoms with E-state index in [9.17, 15) is 24.5 Å². The number of nitro benzene ring substituents is 1. The van der Waals surface area contributed by atoms with Crippen molar-refractivity contribution in [2.24, 2.45) is 5.92 Å². The number of hydrogen-bond acceptors (Lipinski definition) is 6. The Hall–Kier alpha value is -3.95. The second-order valence-electron chi connectivity index (χ2n) is 8.16. The van der Waals surface area contributed by atoms with Crippen molar-refractivity contribution in [2.45, 2.75) is 46.2 Å². The summed E-state index contributed by atoms with van der Waals surface area (Å²) in [6.07, 6.45) is 1.02. The van der Waals surface area contributed by atoms with E-state index in [1.54, 1.807) is 6.07 Å². The van der Waals surface area contributed by atoms with E-state index in [-0.39, 0.29) is 42.0 Å². The monoisotopic (exact) mass is 454 g/mol. The van der Waals surface area contributed by atoms with Crippen molar-refractivity contribution in [1.82, 2.24) is 9.88 Å². The Bertz CT molecular complexity index is 1230. The summed E-state index contributed by atoms with van der Waals surface area (Å²) in [6, 6.07) is 11.3. The molecule has 1 aromatic heterocycles. The predicted octanol–water partition coefficient (Wildman–Crippen LogP) is 3.58. The quantitative estimate of drug-likeness (QED) is 0.355. The van der Waals surface area contributed by atoms with Crippen LogP contribution < -0.4 is 16.4 Å². The second-order valence-corrected chi connectivity index (χ2v) is 8.16. The van der Waals surface area contributed by atoms with Crippen LogP contribution in [-0.2, 0) is 22.7 Å². The molecule has 0 unspecified atom stereocenters. The summed E-state index contributed by atoms with van der Waals surface area (Å²) in [6.45, 7) is 4.51. The van der Waals surface area contributed by atoms with Crippen molar-refractivity contribution in [3.8, 4) is 0 Å². The van der Waals surface area contributed by atoms with Gasteiger partial charge in [-0.05, 0) is 36.1 Å². The van der Waals surface area contributed by atoms with Crippen LogP contribution >= 0.6 is 0 Å². The van der Waals surface area contributed by atoms with Gasteiger partial charge >= 0.3 is 5.76 Å². The first-order valence-corrected chi connectivity index (χ1v) is 10.7. The minimum Gasteiger partial charge on any atom is -0.407 e. The number of aromatic nitrogens is 1. The molecule has 174 valence electrons. The molecule has 0 radical (unpaired) electrons. The van der Waals surface area contributed by atoms with E-state index >= 15 is 0 Å². The molecule has 0 aliphatic rings. The van der Waals surface area contributed by atoms with Crippen LogP contribution in [0.3, 0.4) is 0 Å². The number of hydrogen-bond donors (Lipinski definition) is 2. The number of non-ortho nitro benzene ring substituents is 1. The van der Waals surface area contributed by atoms with E-state index in [4.69, 9.17) is 4.42 Å². The summed E-state index contributed by atoms with van der Waals surface area (Å²) in [5.74, 6) is -0.590. The van der Waals surface area contributed by atoms with E-state index in [2.05, 4.69) is 10.6 Å². The molecule has 0 fully saturated rings. The lowest BCUT2D eigenvalue weighted by Gasteiger charge is -2.10. The smallest absolute Gasteiger partial charge is 0.407 e. The summed E-state index contributed by atoms with van der Waals surface area (Å²) < 4.78 is 6.44. The zero-order valence-corrected chi connectivity index (χ0v) is 18.5. The minimum absolute atomic E-state index is 0.0530. The third-order valence-corrected chi connectivity index (χ3v) is 4.94. The molecule has 0 saturated heterocycles. The molecule has 3 aromatic rings. The Kier molecular flexibility index (Phi) is 7.60. The van der Waals surface area contributed by atoms with Gasteiger partial charge in [0.1, 0.15) is 0 Å². The van der Waals surface area contributed by atoms with E-state index < -0.39 is 10.7 Å². The fourth-order valence-electron chi connectivity index (χ4n) is 3.41. The topological polar surface area (TPSA) is 136 Å². The maximum atomic E-state index is 12.2. The Balaban J connectivity index is 1.50. The number of nitrogens with zero attached hydrogens (tertiary/aromatic N) is 2. The molecule has 0 bridgehead atoms. The summed E-state index contributed by atoms with van der Waals surface area (Å²) in [5, 5.41) is 16.5. The summed E-state index contributed by atoms with van der Waals surface area (Å²) in [5.41, 5.74) is 1.95. The lowest BCUT2D eigenvalue weighted by molar-refractivity contribution is -0.384. The van der Waals surface area contributed by atoms with Crippen LogP contribution in [0.25, 0.3) is 11.1 Å². The van der Waals surface area contributed by atoms with Gasteiger partial charge in [0, 0.05) is 37.7 Å². The molecule has 3 rings (SSSR count). The number of amides is 2. The Labute approximate surface area is 189 Å². The third-order valence-electron chi connectivity index (χ3n) is 4.94. The molecule has 2 N–H and O–H groups in total. The van der Waals surface area contributed by atoms with E-state index in [0.717, 1.165) is 5.56 Å². The first kappa shape index (κ1) is 23.7. The molecule has 0 saturated carbocycles. The molecule has 0 aliphatic carbocycles. The molecule has 2 amide bonds. The summed E-state index contributed by atoms with van der Waals surface area (Å²) >= 11 is 0. The normalized spacial score (nSPS) is 11.0. The van der Waals surface area contributed by atoms with Crippen molar-refractivity contribution in [3.05, 3.63) is 68.7 Å². The molecular weight excluding hydrogens is 428 g/mol. The number of anilines is 1. The lowest BCUT2D eigenvalue weighted by atomic mass is 10.1. The van der Waals surface area contributed by atoms with Crippen molar-refractivity contribution in [3.63, 3.8) is 0 Å². The van der Waals surface area contributed by atoms with Crippen LogP contribution in [-0.4, -0.2) is 21.3 Å². The van der Waals surface area contributed by atoms with Crippen LogP contribution in [0.1, 0.15) is 38.7 Å². The number of aryl methyl sites for hydroxylation is 1. The highest BCUT2D eigenvalue weighted by atomic mass is 16.6. The average molecular weight is 454 g/mol. The SMILES string of the molecule is CC(C)CC(=O)Nc1cccc(CNC(=O)CCCn2c(=O)oc3cc([N+](=O)[O-])ccc32)c1. The number of fused-ring (bicyclic) bond motifs is 1. The molecule has 1 heterocycles. The largest absolute Gasteiger partial charge is 0.419 e. The number of rotatable bonds is 10. The van der Waals surface area contributed by atoms with Gasteiger partial charge in [-0.3, -0.25) is 24.3 Å². The Morgan fingerprint density at radius 3 is 2.67 bits per heavy atom. The second kappa shape index (κ2) is 10.6. The highest BCUT2D eigenvalue weighted by molar-refractivity contribution is 5.90. The lowest BCUT2D eigenvalue weighted by Crippen LogP contribution is -2.23. The molecule has 0 spiro atoms. The van der Waals surface area contributed by atoms with Gasteiger partial charge in [-0.25, -0.2) is 4.79 Å². The average Bonchev–Trinajstić information content (AvgIpc) is 3.06. The van der Waals surface area contributed by atoms with Crippen LogP contribution in [0.15, 0.2) is 51.7 Å². The highest BCUT2D eigenvalue weighted by Crippen LogP contribution is 2.20. The molecular formula is C23H26N4O6. The van der Waals surface area contributed by atoms with Crippen LogP contribution in [0.5, 0.6) is 0 Å². The van der Waals surface area contributed by atoms with E-state index in [1.807, 2.05) is 32.0 Å². The number of nitrogens with one attached hydrogen (secondary N) is 2. The third kappa shape index (κ3) is 6.52. The molecule has 2 aromatic carbocycles. The fourth-order valence-corrected chi connectivity index (χ4v) is 3.41. The number of nitro groups is 1. The predicted molar refractivity (Wildman–Crippen MR) is 123 cm³/mol. The standard InChI is InChI=1S/C23H26N4O6/c1-15(2)11-22(29)25-17-6-3-5-16(12-17)14-24-21(28)7-4-10-26-19-9-8-18(27(31)32)13-20(19)33-23(26)30/h3,5-6,8-9,12-13,15H,4,7,10-11,14H2,1-2H3,(H,24,28)(H,25,29). The van der Waals surface area contributed by atoms with Gasteiger partial charge in [0.2, 0.25) is 11.8 Å². The molecule has 10 heteroatoms. The van der Waals surface area contributed by atoms with Crippen molar-refractivity contribution >= 4 is 34.3 Å². The molecule has 33 heavy (non-hydrogen) atoms. The first-order valence-electron chi connectivity index (χ1n) is 10.7. The Morgan fingerprint density at radius 2 is 1.94 bits per heavy atom. The van der Waals surface area contributed by atoms with Crippen LogP contribution in [0, 0.1) is 16.0 Å². The Morgan fingerprint density at radius 1 is 1.15 bits per heavy atom. The van der Waals surface area contributed by atoms with Crippen LogP contribution in [0.2, 0.25) is 0 Å². The molecule has 10 nitrogen and oxygen atoms in total.